The van der Waals surface area contributed by atoms with Gasteiger partial charge in [0.15, 0.2) is 5.82 Å². The van der Waals surface area contributed by atoms with E-state index < -0.39 is 15.8 Å². The van der Waals surface area contributed by atoms with E-state index in [1.54, 1.807) is 11.6 Å². The molecular weight excluding hydrogens is 359 g/mol. The molecular formula is C14H16ClFN4O3S. The van der Waals surface area contributed by atoms with Crippen LogP contribution >= 0.6 is 11.6 Å². The summed E-state index contributed by atoms with van der Waals surface area (Å²) in [6, 6.07) is 3.05. The first kappa shape index (κ1) is 17.3. The summed E-state index contributed by atoms with van der Waals surface area (Å²) in [5, 5.41) is 16.8. The van der Waals surface area contributed by atoms with Gasteiger partial charge in [-0.1, -0.05) is 11.6 Å². The molecule has 1 aromatic carbocycles. The van der Waals surface area contributed by atoms with Gasteiger partial charge in [0.2, 0.25) is 10.0 Å². The zero-order valence-corrected chi connectivity index (χ0v) is 14.4. The lowest BCUT2D eigenvalue weighted by Gasteiger charge is -2.34. The van der Waals surface area contributed by atoms with Crippen molar-refractivity contribution in [1.29, 1.82) is 0 Å². The molecule has 0 saturated heterocycles. The molecule has 130 valence electrons. The average Bonchev–Trinajstić information content (AvgIpc) is 2.86. The third-order valence-corrected chi connectivity index (χ3v) is 5.97. The van der Waals surface area contributed by atoms with Gasteiger partial charge in [0.1, 0.15) is 18.2 Å². The summed E-state index contributed by atoms with van der Waals surface area (Å²) in [6.45, 7) is -0.197. The Morgan fingerprint density at radius 3 is 2.71 bits per heavy atom. The predicted molar refractivity (Wildman–Crippen MR) is 84.4 cm³/mol. The lowest BCUT2D eigenvalue weighted by molar-refractivity contribution is 0.264. The minimum Gasteiger partial charge on any atom is -0.388 e. The van der Waals surface area contributed by atoms with Crippen molar-refractivity contribution in [3.63, 3.8) is 0 Å². The molecule has 0 aliphatic heterocycles. The predicted octanol–water partition coefficient (Wildman–Crippen LogP) is 1.32. The summed E-state index contributed by atoms with van der Waals surface area (Å²) in [7, 11) is -2.00. The van der Waals surface area contributed by atoms with Crippen LogP contribution in [0.25, 0.3) is 0 Å². The quantitative estimate of drug-likeness (QED) is 0.822. The van der Waals surface area contributed by atoms with Gasteiger partial charge in [-0.15, -0.1) is 10.2 Å². The first-order valence-corrected chi connectivity index (χ1v) is 9.14. The highest BCUT2D eigenvalue weighted by Gasteiger charge is 2.36. The van der Waals surface area contributed by atoms with Gasteiger partial charge in [-0.05, 0) is 31.0 Å². The van der Waals surface area contributed by atoms with Crippen LogP contribution in [0.1, 0.15) is 30.4 Å². The number of nitrogens with one attached hydrogen (secondary N) is 1. The van der Waals surface area contributed by atoms with Crippen LogP contribution in [0.15, 0.2) is 23.1 Å². The molecule has 0 bridgehead atoms. The summed E-state index contributed by atoms with van der Waals surface area (Å²) < 4.78 is 42.1. The Kier molecular flexibility index (Phi) is 4.60. The molecule has 1 aliphatic rings. The number of aliphatic hydroxyl groups is 1. The SMILES string of the molecule is Cn1c(CO)nnc1C1CC(NS(=O)(=O)c2ccc(F)c(Cl)c2)C1. The highest BCUT2D eigenvalue weighted by Crippen LogP contribution is 2.36. The van der Waals surface area contributed by atoms with Crippen molar-refractivity contribution >= 4 is 21.6 Å². The zero-order valence-electron chi connectivity index (χ0n) is 12.8. The molecule has 7 nitrogen and oxygen atoms in total. The molecule has 1 saturated carbocycles. The number of aliphatic hydroxyl groups excluding tert-OH is 1. The van der Waals surface area contributed by atoms with Gasteiger partial charge in [0.25, 0.3) is 0 Å². The van der Waals surface area contributed by atoms with Gasteiger partial charge in [-0.2, -0.15) is 0 Å². The van der Waals surface area contributed by atoms with Crippen LogP contribution < -0.4 is 4.72 Å². The number of rotatable bonds is 5. The number of benzene rings is 1. The van der Waals surface area contributed by atoms with Crippen LogP contribution in [-0.2, 0) is 23.7 Å². The van der Waals surface area contributed by atoms with Gasteiger partial charge in [0.05, 0.1) is 9.92 Å². The van der Waals surface area contributed by atoms with Gasteiger partial charge < -0.3 is 9.67 Å². The zero-order chi connectivity index (χ0) is 17.5. The summed E-state index contributed by atoms with van der Waals surface area (Å²) in [4.78, 5) is -0.0708. The largest absolute Gasteiger partial charge is 0.388 e. The Morgan fingerprint density at radius 2 is 2.12 bits per heavy atom. The van der Waals surface area contributed by atoms with E-state index >= 15 is 0 Å². The Morgan fingerprint density at radius 1 is 1.42 bits per heavy atom. The Hall–Kier alpha value is -1.55. The van der Waals surface area contributed by atoms with Gasteiger partial charge in [-0.25, -0.2) is 17.5 Å². The summed E-state index contributed by atoms with van der Waals surface area (Å²) in [5.41, 5.74) is 0. The number of nitrogens with zero attached hydrogens (tertiary/aromatic N) is 3. The van der Waals surface area contributed by atoms with E-state index in [1.165, 1.54) is 6.07 Å². The van der Waals surface area contributed by atoms with Crippen molar-refractivity contribution in [1.82, 2.24) is 19.5 Å². The molecule has 0 amide bonds. The Balaban J connectivity index is 1.66. The molecule has 2 aromatic rings. The molecule has 24 heavy (non-hydrogen) atoms. The second-order valence-corrected chi connectivity index (χ2v) is 7.88. The van der Waals surface area contributed by atoms with Crippen molar-refractivity contribution < 1.29 is 17.9 Å². The second kappa shape index (κ2) is 6.40. The van der Waals surface area contributed by atoms with Crippen LogP contribution in [0.2, 0.25) is 5.02 Å². The van der Waals surface area contributed by atoms with Crippen LogP contribution in [-0.4, -0.2) is 34.3 Å². The van der Waals surface area contributed by atoms with Crippen molar-refractivity contribution in [3.8, 4) is 0 Å². The highest BCUT2D eigenvalue weighted by atomic mass is 35.5. The fourth-order valence-electron chi connectivity index (χ4n) is 2.72. The fourth-order valence-corrected chi connectivity index (χ4v) is 4.26. The van der Waals surface area contributed by atoms with Crippen molar-refractivity contribution in [2.75, 3.05) is 0 Å². The fraction of sp³-hybridized carbons (Fsp3) is 0.429. The molecule has 0 atom stereocenters. The standard InChI is InChI=1S/C14H16ClFN4O3S/c1-20-13(7-21)17-18-14(20)8-4-9(5-8)19-24(22,23)10-2-3-12(16)11(15)6-10/h2-3,6,8-9,19,21H,4-5,7H2,1H3. The van der Waals surface area contributed by atoms with Gasteiger partial charge in [0, 0.05) is 19.0 Å². The second-order valence-electron chi connectivity index (χ2n) is 5.75. The van der Waals surface area contributed by atoms with Crippen LogP contribution in [0.4, 0.5) is 4.39 Å². The van der Waals surface area contributed by atoms with Crippen LogP contribution in [0.5, 0.6) is 0 Å². The number of hydrogen-bond acceptors (Lipinski definition) is 5. The van der Waals surface area contributed by atoms with Crippen LogP contribution in [0.3, 0.4) is 0 Å². The molecule has 0 spiro atoms. The van der Waals surface area contributed by atoms with E-state index in [0.717, 1.165) is 18.0 Å². The van der Waals surface area contributed by atoms with Crippen molar-refractivity contribution in [2.45, 2.75) is 36.3 Å². The first-order chi connectivity index (χ1) is 11.3. The minimum atomic E-state index is -3.76. The normalized spacial score (nSPS) is 20.8. The smallest absolute Gasteiger partial charge is 0.240 e. The first-order valence-electron chi connectivity index (χ1n) is 7.28. The average molecular weight is 375 g/mol. The maximum absolute atomic E-state index is 13.2. The van der Waals surface area contributed by atoms with E-state index in [2.05, 4.69) is 14.9 Å². The topological polar surface area (TPSA) is 97.1 Å². The summed E-state index contributed by atoms with van der Waals surface area (Å²) >= 11 is 5.64. The van der Waals surface area contributed by atoms with E-state index in [1.807, 2.05) is 0 Å². The molecule has 0 unspecified atom stereocenters. The lowest BCUT2D eigenvalue weighted by atomic mass is 9.80. The van der Waals surface area contributed by atoms with Crippen molar-refractivity contribution in [3.05, 3.63) is 40.7 Å². The van der Waals surface area contributed by atoms with Crippen LogP contribution in [0, 0.1) is 5.82 Å². The number of hydrogen-bond donors (Lipinski definition) is 2. The van der Waals surface area contributed by atoms with Crippen molar-refractivity contribution in [2.24, 2.45) is 7.05 Å². The summed E-state index contributed by atoms with van der Waals surface area (Å²) in [5.74, 6) is 0.600. The molecule has 2 N–H and O–H groups in total. The summed E-state index contributed by atoms with van der Waals surface area (Å²) in [6.07, 6.45) is 1.15. The highest BCUT2D eigenvalue weighted by molar-refractivity contribution is 7.89. The van der Waals surface area contributed by atoms with E-state index in [0.29, 0.717) is 18.7 Å². The molecule has 1 aliphatic carbocycles. The third-order valence-electron chi connectivity index (χ3n) is 4.17. The van der Waals surface area contributed by atoms with E-state index in [9.17, 15) is 12.8 Å². The monoisotopic (exact) mass is 374 g/mol. The third kappa shape index (κ3) is 3.16. The minimum absolute atomic E-state index is 0.0708. The Labute approximate surface area is 143 Å². The lowest BCUT2D eigenvalue weighted by Crippen LogP contribution is -2.43. The molecule has 1 heterocycles. The van der Waals surface area contributed by atoms with Gasteiger partial charge >= 0.3 is 0 Å². The maximum Gasteiger partial charge on any atom is 0.240 e. The molecule has 0 radical (unpaired) electrons. The molecule has 1 aromatic heterocycles. The van der Waals surface area contributed by atoms with E-state index in [4.69, 9.17) is 16.7 Å². The molecule has 1 fully saturated rings. The number of aromatic nitrogens is 3. The number of sulfonamides is 1. The van der Waals surface area contributed by atoms with E-state index in [-0.39, 0.29) is 28.5 Å². The maximum atomic E-state index is 13.2. The Bertz CT molecular complexity index is 865. The molecule has 10 heteroatoms. The van der Waals surface area contributed by atoms with Gasteiger partial charge in [-0.3, -0.25) is 0 Å². The molecule has 3 rings (SSSR count). The number of halogens is 2.